The van der Waals surface area contributed by atoms with Crippen molar-refractivity contribution < 1.29 is 19.1 Å². The number of hydrogen-bond donors (Lipinski definition) is 3. The van der Waals surface area contributed by atoms with Crippen molar-refractivity contribution in [1.29, 1.82) is 0 Å². The zero-order valence-corrected chi connectivity index (χ0v) is 17.3. The molecular weight excluding hydrogens is 390 g/mol. The molecular formula is C21H25N3O4S. The first-order chi connectivity index (χ1) is 14.0. The molecule has 3 N–H and O–H groups in total. The number of ether oxygens (including phenoxy) is 2. The third kappa shape index (κ3) is 7.17. The Hall–Kier alpha value is -2.97. The van der Waals surface area contributed by atoms with Gasteiger partial charge in [-0.2, -0.15) is 0 Å². The van der Waals surface area contributed by atoms with Crippen molar-refractivity contribution >= 4 is 34.8 Å². The maximum absolute atomic E-state index is 12.5. The first-order valence-corrected chi connectivity index (χ1v) is 9.67. The molecule has 0 heterocycles. The van der Waals surface area contributed by atoms with Crippen molar-refractivity contribution in [3.63, 3.8) is 0 Å². The maximum Gasteiger partial charge on any atom is 0.261 e. The van der Waals surface area contributed by atoms with Crippen LogP contribution in [-0.4, -0.2) is 43.8 Å². The summed E-state index contributed by atoms with van der Waals surface area (Å²) in [6.07, 6.45) is 0.736. The molecule has 0 radical (unpaired) electrons. The van der Waals surface area contributed by atoms with Crippen LogP contribution >= 0.6 is 12.2 Å². The highest BCUT2D eigenvalue weighted by Gasteiger charge is 2.13. The number of methoxy groups -OCH3 is 1. The highest BCUT2D eigenvalue weighted by Crippen LogP contribution is 2.18. The van der Waals surface area contributed by atoms with Gasteiger partial charge in [0.25, 0.3) is 11.8 Å². The maximum atomic E-state index is 12.5. The van der Waals surface area contributed by atoms with Gasteiger partial charge in [0.05, 0.1) is 12.2 Å². The Morgan fingerprint density at radius 3 is 2.62 bits per heavy atom. The molecule has 2 amide bonds. The van der Waals surface area contributed by atoms with E-state index in [1.165, 1.54) is 0 Å². The average molecular weight is 416 g/mol. The lowest BCUT2D eigenvalue weighted by Gasteiger charge is -2.13. The lowest BCUT2D eigenvalue weighted by atomic mass is 10.2. The fourth-order valence-electron chi connectivity index (χ4n) is 2.53. The Bertz CT molecular complexity index is 857. The monoisotopic (exact) mass is 415 g/mol. The summed E-state index contributed by atoms with van der Waals surface area (Å²) in [6, 6.07) is 13.8. The van der Waals surface area contributed by atoms with Crippen LogP contribution in [0.25, 0.3) is 0 Å². The van der Waals surface area contributed by atoms with E-state index in [2.05, 4.69) is 16.0 Å². The molecule has 0 saturated heterocycles. The molecule has 2 aromatic rings. The zero-order valence-electron chi connectivity index (χ0n) is 16.5. The molecule has 0 aromatic heterocycles. The summed E-state index contributed by atoms with van der Waals surface area (Å²) in [5.41, 5.74) is 1.48. The van der Waals surface area contributed by atoms with Crippen LogP contribution in [0.4, 0.5) is 5.69 Å². The van der Waals surface area contributed by atoms with Gasteiger partial charge in [0, 0.05) is 31.5 Å². The standard InChI is InChI=1S/C21H25N3O4S/c1-3-28-18-11-5-4-10-17(18)20(26)24-21(29)23-16-9-6-8-15(14-16)19(25)22-12-7-13-27-2/h4-6,8-11,14H,3,7,12-13H2,1-2H3,(H,22,25)(H2,23,24,26,29). The largest absolute Gasteiger partial charge is 0.493 e. The van der Waals surface area contributed by atoms with Crippen molar-refractivity contribution in [2.45, 2.75) is 13.3 Å². The molecule has 2 aromatic carbocycles. The molecule has 8 heteroatoms. The van der Waals surface area contributed by atoms with Crippen LogP contribution in [0.5, 0.6) is 5.75 Å². The lowest BCUT2D eigenvalue weighted by molar-refractivity contribution is 0.0946. The van der Waals surface area contributed by atoms with E-state index in [4.69, 9.17) is 21.7 Å². The number of benzene rings is 2. The van der Waals surface area contributed by atoms with Crippen LogP contribution in [0.3, 0.4) is 0 Å². The van der Waals surface area contributed by atoms with E-state index in [0.717, 1.165) is 6.42 Å². The summed E-state index contributed by atoms with van der Waals surface area (Å²) in [5.74, 6) is -0.0774. The minimum absolute atomic E-state index is 0.124. The molecule has 0 unspecified atom stereocenters. The third-order valence-corrected chi connectivity index (χ3v) is 4.06. The number of carbonyl (C=O) groups excluding carboxylic acids is 2. The van der Waals surface area contributed by atoms with E-state index >= 15 is 0 Å². The smallest absolute Gasteiger partial charge is 0.261 e. The number of thiocarbonyl (C=S) groups is 1. The fourth-order valence-corrected chi connectivity index (χ4v) is 2.74. The van der Waals surface area contributed by atoms with Gasteiger partial charge in [-0.05, 0) is 55.9 Å². The van der Waals surface area contributed by atoms with Crippen molar-refractivity contribution in [2.75, 3.05) is 32.2 Å². The van der Waals surface area contributed by atoms with Crippen LogP contribution in [0.1, 0.15) is 34.1 Å². The van der Waals surface area contributed by atoms with Gasteiger partial charge >= 0.3 is 0 Å². The van der Waals surface area contributed by atoms with Gasteiger partial charge in [0.1, 0.15) is 5.75 Å². The number of amides is 2. The minimum Gasteiger partial charge on any atom is -0.493 e. The van der Waals surface area contributed by atoms with Gasteiger partial charge in [-0.15, -0.1) is 0 Å². The van der Waals surface area contributed by atoms with Gasteiger partial charge in [-0.3, -0.25) is 14.9 Å². The van der Waals surface area contributed by atoms with Crippen molar-refractivity contribution in [3.05, 3.63) is 59.7 Å². The number of para-hydroxylation sites is 1. The summed E-state index contributed by atoms with van der Waals surface area (Å²) in [5, 5.41) is 8.50. The Morgan fingerprint density at radius 2 is 1.86 bits per heavy atom. The van der Waals surface area contributed by atoms with E-state index in [-0.39, 0.29) is 16.9 Å². The Balaban J connectivity index is 1.95. The van der Waals surface area contributed by atoms with Crippen molar-refractivity contribution in [2.24, 2.45) is 0 Å². The van der Waals surface area contributed by atoms with Crippen LogP contribution in [0, 0.1) is 0 Å². The fraction of sp³-hybridized carbons (Fsp3) is 0.286. The SMILES string of the molecule is CCOc1ccccc1C(=O)NC(=S)Nc1cccc(C(=O)NCCCOC)c1. The molecule has 29 heavy (non-hydrogen) atoms. The summed E-state index contributed by atoms with van der Waals surface area (Å²) < 4.78 is 10.4. The molecule has 7 nitrogen and oxygen atoms in total. The Morgan fingerprint density at radius 1 is 1.07 bits per heavy atom. The summed E-state index contributed by atoms with van der Waals surface area (Å²) >= 11 is 5.23. The van der Waals surface area contributed by atoms with E-state index < -0.39 is 0 Å². The van der Waals surface area contributed by atoms with E-state index in [0.29, 0.717) is 42.3 Å². The Labute approximate surface area is 175 Å². The van der Waals surface area contributed by atoms with Gasteiger partial charge in [-0.1, -0.05) is 18.2 Å². The molecule has 0 bridgehead atoms. The Kier molecular flexibility index (Phi) is 9.07. The van der Waals surface area contributed by atoms with E-state index in [1.54, 1.807) is 55.6 Å². The molecule has 0 aliphatic carbocycles. The van der Waals surface area contributed by atoms with E-state index in [9.17, 15) is 9.59 Å². The van der Waals surface area contributed by atoms with Crippen LogP contribution in [0.15, 0.2) is 48.5 Å². The van der Waals surface area contributed by atoms with Crippen molar-refractivity contribution in [3.8, 4) is 5.75 Å². The van der Waals surface area contributed by atoms with Crippen LogP contribution in [-0.2, 0) is 4.74 Å². The van der Waals surface area contributed by atoms with Crippen LogP contribution in [0.2, 0.25) is 0 Å². The van der Waals surface area contributed by atoms with Crippen LogP contribution < -0.4 is 20.7 Å². The van der Waals surface area contributed by atoms with Gasteiger partial charge < -0.3 is 20.1 Å². The number of anilines is 1. The lowest BCUT2D eigenvalue weighted by Crippen LogP contribution is -2.34. The van der Waals surface area contributed by atoms with Crippen molar-refractivity contribution in [1.82, 2.24) is 10.6 Å². The van der Waals surface area contributed by atoms with Gasteiger partial charge in [0.2, 0.25) is 0 Å². The predicted octanol–water partition coefficient (Wildman–Crippen LogP) is 2.98. The zero-order chi connectivity index (χ0) is 21.1. The molecule has 154 valence electrons. The number of hydrogen-bond acceptors (Lipinski definition) is 5. The molecule has 0 fully saturated rings. The molecule has 0 spiro atoms. The molecule has 2 rings (SSSR count). The molecule has 0 aliphatic rings. The summed E-state index contributed by atoms with van der Waals surface area (Å²) in [4.78, 5) is 24.7. The van der Waals surface area contributed by atoms with Gasteiger partial charge in [0.15, 0.2) is 5.11 Å². The molecule has 0 aliphatic heterocycles. The number of carbonyl (C=O) groups is 2. The predicted molar refractivity (Wildman–Crippen MR) is 117 cm³/mol. The molecule has 0 saturated carbocycles. The summed E-state index contributed by atoms with van der Waals surface area (Å²) in [7, 11) is 1.62. The molecule has 0 atom stereocenters. The quantitative estimate of drug-likeness (QED) is 0.431. The first kappa shape index (κ1) is 22.3. The first-order valence-electron chi connectivity index (χ1n) is 9.26. The average Bonchev–Trinajstić information content (AvgIpc) is 2.71. The minimum atomic E-state index is -0.376. The topological polar surface area (TPSA) is 88.7 Å². The number of rotatable bonds is 9. The normalized spacial score (nSPS) is 10.1. The number of nitrogens with one attached hydrogen (secondary N) is 3. The third-order valence-electron chi connectivity index (χ3n) is 3.85. The second-order valence-corrected chi connectivity index (χ2v) is 6.43. The second kappa shape index (κ2) is 11.8. The summed E-state index contributed by atoms with van der Waals surface area (Å²) in [6.45, 7) is 3.41. The highest BCUT2D eigenvalue weighted by molar-refractivity contribution is 7.80. The van der Waals surface area contributed by atoms with Gasteiger partial charge in [-0.25, -0.2) is 0 Å². The second-order valence-electron chi connectivity index (χ2n) is 6.02. The van der Waals surface area contributed by atoms with E-state index in [1.807, 2.05) is 6.92 Å². The highest BCUT2D eigenvalue weighted by atomic mass is 32.1.